The molecule has 5 nitrogen and oxygen atoms in total. The number of benzene rings is 1. The van der Waals surface area contributed by atoms with Crippen LogP contribution in [0.2, 0.25) is 0 Å². The van der Waals surface area contributed by atoms with Gasteiger partial charge in [0.15, 0.2) is 5.82 Å². The van der Waals surface area contributed by atoms with Crippen molar-refractivity contribution >= 4 is 22.6 Å². The minimum absolute atomic E-state index is 0.273. The van der Waals surface area contributed by atoms with Crippen LogP contribution in [0.5, 0.6) is 0 Å². The summed E-state index contributed by atoms with van der Waals surface area (Å²) in [6, 6.07) is 9.22. The van der Waals surface area contributed by atoms with E-state index in [2.05, 4.69) is 20.5 Å². The number of carbonyl (C=O) groups excluding carboxylic acids is 1. The van der Waals surface area contributed by atoms with Gasteiger partial charge < -0.3 is 5.32 Å². The fourth-order valence-electron chi connectivity index (χ4n) is 1.75. The third-order valence-electron chi connectivity index (χ3n) is 2.65. The Bertz CT molecular complexity index is 739. The summed E-state index contributed by atoms with van der Waals surface area (Å²) in [6.07, 6.45) is 1.53. The lowest BCUT2D eigenvalue weighted by molar-refractivity contribution is 0.102. The highest BCUT2D eigenvalue weighted by atomic mass is 19.1. The van der Waals surface area contributed by atoms with Crippen molar-refractivity contribution in [2.45, 2.75) is 0 Å². The zero-order valence-electron chi connectivity index (χ0n) is 9.72. The number of H-pyrrole nitrogens is 1. The molecule has 0 bridgehead atoms. The van der Waals surface area contributed by atoms with E-state index in [4.69, 9.17) is 0 Å². The van der Waals surface area contributed by atoms with Crippen LogP contribution in [0.15, 0.2) is 42.6 Å². The molecule has 0 fully saturated rings. The molecular formula is C13H9FN4O. The summed E-state index contributed by atoms with van der Waals surface area (Å²) in [5.74, 6) is -0.495. The van der Waals surface area contributed by atoms with Crippen LogP contribution in [0.25, 0.3) is 10.9 Å². The highest BCUT2D eigenvalue weighted by Gasteiger charge is 2.12. The third kappa shape index (κ3) is 2.15. The van der Waals surface area contributed by atoms with E-state index in [1.54, 1.807) is 24.3 Å². The number of pyridine rings is 1. The van der Waals surface area contributed by atoms with E-state index in [1.165, 1.54) is 18.3 Å². The minimum atomic E-state index is -0.390. The number of fused-ring (bicyclic) bond motifs is 1. The van der Waals surface area contributed by atoms with E-state index in [9.17, 15) is 9.18 Å². The van der Waals surface area contributed by atoms with Gasteiger partial charge in [-0.2, -0.15) is 5.10 Å². The van der Waals surface area contributed by atoms with Crippen LogP contribution >= 0.6 is 0 Å². The van der Waals surface area contributed by atoms with Crippen LogP contribution in [0.3, 0.4) is 0 Å². The Labute approximate surface area is 107 Å². The topological polar surface area (TPSA) is 70.7 Å². The molecule has 0 saturated heterocycles. The summed E-state index contributed by atoms with van der Waals surface area (Å²) < 4.78 is 13.2. The maximum absolute atomic E-state index is 13.2. The SMILES string of the molecule is O=C(Nc1n[nH]c2ccc(F)cc12)c1ccccn1. The number of nitrogens with one attached hydrogen (secondary N) is 2. The predicted molar refractivity (Wildman–Crippen MR) is 68.2 cm³/mol. The number of halogens is 1. The number of rotatable bonds is 2. The molecule has 0 unspecified atom stereocenters. The molecular weight excluding hydrogens is 247 g/mol. The summed E-state index contributed by atoms with van der Waals surface area (Å²) >= 11 is 0. The molecule has 0 spiro atoms. The second kappa shape index (κ2) is 4.49. The Morgan fingerprint density at radius 2 is 2.16 bits per heavy atom. The van der Waals surface area contributed by atoms with Crippen molar-refractivity contribution in [1.29, 1.82) is 0 Å². The molecule has 1 aromatic carbocycles. The largest absolute Gasteiger partial charge is 0.303 e. The Balaban J connectivity index is 1.94. The van der Waals surface area contributed by atoms with Gasteiger partial charge in [-0.3, -0.25) is 14.9 Å². The number of hydrogen-bond donors (Lipinski definition) is 2. The van der Waals surface area contributed by atoms with Gasteiger partial charge in [0.1, 0.15) is 11.5 Å². The zero-order valence-corrected chi connectivity index (χ0v) is 9.72. The first-order valence-corrected chi connectivity index (χ1v) is 5.60. The Hall–Kier alpha value is -2.76. The van der Waals surface area contributed by atoms with Gasteiger partial charge in [0.05, 0.1) is 5.52 Å². The molecule has 0 aliphatic carbocycles. The number of aromatic amines is 1. The van der Waals surface area contributed by atoms with Crippen molar-refractivity contribution < 1.29 is 9.18 Å². The molecule has 3 aromatic rings. The standard InChI is InChI=1S/C13H9FN4O/c14-8-4-5-10-9(7-8)12(18-17-10)16-13(19)11-3-1-2-6-15-11/h1-7H,(H2,16,17,18,19). The van der Waals surface area contributed by atoms with Crippen LogP contribution < -0.4 is 5.32 Å². The van der Waals surface area contributed by atoms with Crippen molar-refractivity contribution in [2.24, 2.45) is 0 Å². The quantitative estimate of drug-likeness (QED) is 0.739. The van der Waals surface area contributed by atoms with E-state index >= 15 is 0 Å². The molecule has 3 rings (SSSR count). The lowest BCUT2D eigenvalue weighted by Gasteiger charge is -2.01. The summed E-state index contributed by atoms with van der Waals surface area (Å²) in [5, 5.41) is 9.79. The molecule has 0 atom stereocenters. The smallest absolute Gasteiger partial charge is 0.275 e. The molecule has 94 valence electrons. The second-order valence-electron chi connectivity index (χ2n) is 3.93. The number of hydrogen-bond acceptors (Lipinski definition) is 3. The van der Waals surface area contributed by atoms with Crippen LogP contribution in [0, 0.1) is 5.82 Å². The summed E-state index contributed by atoms with van der Waals surface area (Å²) in [6.45, 7) is 0. The molecule has 0 saturated carbocycles. The minimum Gasteiger partial charge on any atom is -0.303 e. The monoisotopic (exact) mass is 256 g/mol. The highest BCUT2D eigenvalue weighted by Crippen LogP contribution is 2.21. The normalized spacial score (nSPS) is 10.6. The van der Waals surface area contributed by atoms with Crippen LogP contribution in [0.4, 0.5) is 10.2 Å². The van der Waals surface area contributed by atoms with Crippen molar-refractivity contribution in [3.8, 4) is 0 Å². The van der Waals surface area contributed by atoms with Gasteiger partial charge in [-0.15, -0.1) is 0 Å². The van der Waals surface area contributed by atoms with Gasteiger partial charge in [-0.1, -0.05) is 6.07 Å². The maximum Gasteiger partial charge on any atom is 0.275 e. The van der Waals surface area contributed by atoms with E-state index in [1.807, 2.05) is 0 Å². The third-order valence-corrected chi connectivity index (χ3v) is 2.65. The molecule has 0 aliphatic rings. The number of nitrogens with zero attached hydrogens (tertiary/aromatic N) is 2. The molecule has 1 amide bonds. The number of amides is 1. The Morgan fingerprint density at radius 1 is 1.26 bits per heavy atom. The first kappa shape index (κ1) is 11.3. The average molecular weight is 256 g/mol. The number of anilines is 1. The molecule has 0 radical (unpaired) electrons. The molecule has 6 heteroatoms. The van der Waals surface area contributed by atoms with Crippen molar-refractivity contribution in [2.75, 3.05) is 5.32 Å². The first-order valence-electron chi connectivity index (χ1n) is 5.60. The molecule has 0 aliphatic heterocycles. The molecule has 19 heavy (non-hydrogen) atoms. The van der Waals surface area contributed by atoms with Gasteiger partial charge in [-0.05, 0) is 30.3 Å². The lowest BCUT2D eigenvalue weighted by atomic mass is 10.2. The van der Waals surface area contributed by atoms with Crippen LogP contribution in [-0.2, 0) is 0 Å². The van der Waals surface area contributed by atoms with Gasteiger partial charge in [0.2, 0.25) is 0 Å². The summed E-state index contributed by atoms with van der Waals surface area (Å²) in [5.41, 5.74) is 0.924. The van der Waals surface area contributed by atoms with Gasteiger partial charge in [-0.25, -0.2) is 4.39 Å². The second-order valence-corrected chi connectivity index (χ2v) is 3.93. The molecule has 2 N–H and O–H groups in total. The lowest BCUT2D eigenvalue weighted by Crippen LogP contribution is -2.13. The number of carbonyl (C=O) groups is 1. The summed E-state index contributed by atoms with van der Waals surface area (Å²) in [7, 11) is 0. The van der Waals surface area contributed by atoms with Gasteiger partial charge in [0.25, 0.3) is 5.91 Å². The van der Waals surface area contributed by atoms with Crippen molar-refractivity contribution in [1.82, 2.24) is 15.2 Å². The average Bonchev–Trinajstić information content (AvgIpc) is 2.82. The fourth-order valence-corrected chi connectivity index (χ4v) is 1.75. The van der Waals surface area contributed by atoms with E-state index in [-0.39, 0.29) is 17.3 Å². The highest BCUT2D eigenvalue weighted by molar-refractivity contribution is 6.06. The molecule has 2 aromatic heterocycles. The van der Waals surface area contributed by atoms with E-state index in [0.717, 1.165) is 0 Å². The zero-order chi connectivity index (χ0) is 13.2. The van der Waals surface area contributed by atoms with Crippen LogP contribution in [-0.4, -0.2) is 21.1 Å². The predicted octanol–water partition coefficient (Wildman–Crippen LogP) is 2.35. The Kier molecular flexibility index (Phi) is 2.68. The van der Waals surface area contributed by atoms with Gasteiger partial charge in [0, 0.05) is 11.6 Å². The first-order chi connectivity index (χ1) is 9.24. The number of aromatic nitrogens is 3. The van der Waals surface area contributed by atoms with Crippen LogP contribution in [0.1, 0.15) is 10.5 Å². The van der Waals surface area contributed by atoms with E-state index in [0.29, 0.717) is 10.9 Å². The van der Waals surface area contributed by atoms with Crippen molar-refractivity contribution in [3.63, 3.8) is 0 Å². The maximum atomic E-state index is 13.2. The van der Waals surface area contributed by atoms with E-state index < -0.39 is 5.91 Å². The fraction of sp³-hybridized carbons (Fsp3) is 0. The summed E-state index contributed by atoms with van der Waals surface area (Å²) in [4.78, 5) is 15.9. The Morgan fingerprint density at radius 3 is 2.95 bits per heavy atom. The van der Waals surface area contributed by atoms with Crippen molar-refractivity contribution in [3.05, 3.63) is 54.1 Å². The molecule has 2 heterocycles. The van der Waals surface area contributed by atoms with Gasteiger partial charge >= 0.3 is 0 Å².